The van der Waals surface area contributed by atoms with Gasteiger partial charge >= 0.3 is 0 Å². The molecule has 0 amide bonds. The Morgan fingerprint density at radius 2 is 2.21 bits per heavy atom. The average molecular weight is 284 g/mol. The van der Waals surface area contributed by atoms with Crippen molar-refractivity contribution in [1.29, 1.82) is 0 Å². The van der Waals surface area contributed by atoms with Gasteiger partial charge in [0.1, 0.15) is 0 Å². The Kier molecular flexibility index (Phi) is 4.95. The van der Waals surface area contributed by atoms with Crippen LogP contribution in [0.2, 0.25) is 0 Å². The highest BCUT2D eigenvalue weighted by Gasteiger charge is 2.38. The molecule has 1 aliphatic rings. The minimum absolute atomic E-state index is 0.191. The van der Waals surface area contributed by atoms with Crippen LogP contribution in [0.15, 0.2) is 5.38 Å². The van der Waals surface area contributed by atoms with E-state index in [1.54, 1.807) is 11.3 Å². The normalized spacial score (nSPS) is 22.1. The molecule has 2 rings (SSSR count). The molecular formula is C14H24N2O2S. The van der Waals surface area contributed by atoms with E-state index in [1.165, 1.54) is 0 Å². The van der Waals surface area contributed by atoms with Crippen LogP contribution in [0, 0.1) is 6.92 Å². The summed E-state index contributed by atoms with van der Waals surface area (Å²) >= 11 is 1.64. The Bertz CT molecular complexity index is 404. The van der Waals surface area contributed by atoms with E-state index in [2.05, 4.69) is 23.7 Å². The summed E-state index contributed by atoms with van der Waals surface area (Å²) < 4.78 is 5.41. The number of ether oxygens (including phenoxy) is 1. The smallest absolute Gasteiger partial charge is 0.0954 e. The molecule has 19 heavy (non-hydrogen) atoms. The van der Waals surface area contributed by atoms with E-state index in [4.69, 9.17) is 4.74 Å². The van der Waals surface area contributed by atoms with Gasteiger partial charge in [-0.1, -0.05) is 6.92 Å². The average Bonchev–Trinajstić information content (AvgIpc) is 2.84. The molecule has 1 aliphatic heterocycles. The number of rotatable bonds is 5. The first-order valence-corrected chi connectivity index (χ1v) is 7.86. The SMILES string of the molecule is CCC(C)(C(O)Cc1nc(C)cs1)N1CCOCC1. The summed E-state index contributed by atoms with van der Waals surface area (Å²) in [5.74, 6) is 0. The van der Waals surface area contributed by atoms with E-state index in [-0.39, 0.29) is 11.6 Å². The summed E-state index contributed by atoms with van der Waals surface area (Å²) in [4.78, 5) is 6.82. The van der Waals surface area contributed by atoms with Crippen molar-refractivity contribution >= 4 is 11.3 Å². The van der Waals surface area contributed by atoms with Crippen molar-refractivity contribution in [3.63, 3.8) is 0 Å². The third-order valence-electron chi connectivity index (χ3n) is 4.20. The molecule has 0 spiro atoms. The number of aliphatic hydroxyl groups excluding tert-OH is 1. The van der Waals surface area contributed by atoms with Crippen molar-refractivity contribution in [3.8, 4) is 0 Å². The molecule has 4 nitrogen and oxygen atoms in total. The lowest BCUT2D eigenvalue weighted by atomic mass is 9.87. The van der Waals surface area contributed by atoms with Crippen LogP contribution in [-0.2, 0) is 11.2 Å². The van der Waals surface area contributed by atoms with Gasteiger partial charge in [0.05, 0.1) is 24.3 Å². The first-order valence-electron chi connectivity index (χ1n) is 6.98. The van der Waals surface area contributed by atoms with E-state index in [1.807, 2.05) is 12.3 Å². The van der Waals surface area contributed by atoms with Crippen molar-refractivity contribution in [2.24, 2.45) is 0 Å². The highest BCUT2D eigenvalue weighted by Crippen LogP contribution is 2.27. The summed E-state index contributed by atoms with van der Waals surface area (Å²) in [5, 5.41) is 13.7. The monoisotopic (exact) mass is 284 g/mol. The van der Waals surface area contributed by atoms with Crippen LogP contribution in [0.25, 0.3) is 0 Å². The quantitative estimate of drug-likeness (QED) is 0.896. The largest absolute Gasteiger partial charge is 0.391 e. The first-order chi connectivity index (χ1) is 9.06. The second-order valence-electron chi connectivity index (χ2n) is 5.41. The number of hydrogen-bond acceptors (Lipinski definition) is 5. The lowest BCUT2D eigenvalue weighted by Crippen LogP contribution is -2.58. The van der Waals surface area contributed by atoms with Gasteiger partial charge in [0.25, 0.3) is 0 Å². The zero-order valence-corrected chi connectivity index (χ0v) is 12.9. The van der Waals surface area contributed by atoms with Crippen LogP contribution in [0.5, 0.6) is 0 Å². The van der Waals surface area contributed by atoms with Crippen LogP contribution >= 0.6 is 11.3 Å². The van der Waals surface area contributed by atoms with Crippen LogP contribution in [0.1, 0.15) is 31.0 Å². The van der Waals surface area contributed by atoms with Crippen molar-refractivity contribution in [2.75, 3.05) is 26.3 Å². The fraction of sp³-hybridized carbons (Fsp3) is 0.786. The van der Waals surface area contributed by atoms with Crippen molar-refractivity contribution in [2.45, 2.75) is 45.3 Å². The van der Waals surface area contributed by atoms with E-state index in [0.717, 1.165) is 43.4 Å². The fourth-order valence-electron chi connectivity index (χ4n) is 2.63. The number of hydrogen-bond donors (Lipinski definition) is 1. The van der Waals surface area contributed by atoms with Gasteiger partial charge in [-0.05, 0) is 20.3 Å². The summed E-state index contributed by atoms with van der Waals surface area (Å²) in [7, 11) is 0. The van der Waals surface area contributed by atoms with Crippen LogP contribution in [0.4, 0.5) is 0 Å². The van der Waals surface area contributed by atoms with Gasteiger partial charge in [0.2, 0.25) is 0 Å². The number of aliphatic hydroxyl groups is 1. The second kappa shape index (κ2) is 6.31. The predicted octanol–water partition coefficient (Wildman–Crippen LogP) is 1.86. The summed E-state index contributed by atoms with van der Waals surface area (Å²) in [6, 6.07) is 0. The maximum Gasteiger partial charge on any atom is 0.0954 e. The maximum absolute atomic E-state index is 10.7. The van der Waals surface area contributed by atoms with Crippen molar-refractivity contribution in [1.82, 2.24) is 9.88 Å². The molecule has 1 fully saturated rings. The molecule has 1 saturated heterocycles. The topological polar surface area (TPSA) is 45.6 Å². The van der Waals surface area contributed by atoms with Gasteiger partial charge in [-0.25, -0.2) is 4.98 Å². The maximum atomic E-state index is 10.7. The Morgan fingerprint density at radius 3 is 2.74 bits per heavy atom. The zero-order valence-electron chi connectivity index (χ0n) is 12.1. The number of aromatic nitrogens is 1. The second-order valence-corrected chi connectivity index (χ2v) is 6.36. The number of morpholine rings is 1. The standard InChI is InChI=1S/C14H24N2O2S/c1-4-14(3,16-5-7-18-8-6-16)12(17)9-13-15-11(2)10-19-13/h10,12,17H,4-9H2,1-3H3. The Hall–Kier alpha value is -0.490. The van der Waals surface area contributed by atoms with Gasteiger partial charge in [-0.15, -0.1) is 11.3 Å². The van der Waals surface area contributed by atoms with Crippen LogP contribution < -0.4 is 0 Å². The minimum Gasteiger partial charge on any atom is -0.391 e. The molecule has 0 aromatic carbocycles. The van der Waals surface area contributed by atoms with E-state index in [9.17, 15) is 5.11 Å². The molecule has 5 heteroatoms. The van der Waals surface area contributed by atoms with Gasteiger partial charge in [-0.2, -0.15) is 0 Å². The van der Waals surface area contributed by atoms with E-state index < -0.39 is 0 Å². The molecule has 108 valence electrons. The molecule has 1 aromatic rings. The van der Waals surface area contributed by atoms with E-state index >= 15 is 0 Å². The number of aryl methyl sites for hydroxylation is 1. The molecule has 0 aliphatic carbocycles. The highest BCUT2D eigenvalue weighted by molar-refractivity contribution is 7.09. The molecule has 0 bridgehead atoms. The lowest BCUT2D eigenvalue weighted by molar-refractivity contribution is -0.0714. The molecule has 0 saturated carbocycles. The van der Waals surface area contributed by atoms with Gasteiger partial charge in [0, 0.05) is 36.1 Å². The van der Waals surface area contributed by atoms with Crippen molar-refractivity contribution < 1.29 is 9.84 Å². The summed E-state index contributed by atoms with van der Waals surface area (Å²) in [5.41, 5.74) is 0.848. The summed E-state index contributed by atoms with van der Waals surface area (Å²) in [6.07, 6.45) is 1.18. The number of nitrogens with zero attached hydrogens (tertiary/aromatic N) is 2. The molecule has 0 radical (unpaired) electrons. The highest BCUT2D eigenvalue weighted by atomic mass is 32.1. The zero-order chi connectivity index (χ0) is 13.9. The lowest BCUT2D eigenvalue weighted by Gasteiger charge is -2.45. The third kappa shape index (κ3) is 3.34. The molecule has 1 N–H and O–H groups in total. The summed E-state index contributed by atoms with van der Waals surface area (Å²) in [6.45, 7) is 9.62. The fourth-order valence-corrected chi connectivity index (χ4v) is 3.44. The van der Waals surface area contributed by atoms with Gasteiger partial charge < -0.3 is 9.84 Å². The number of thiazole rings is 1. The van der Waals surface area contributed by atoms with Crippen molar-refractivity contribution in [3.05, 3.63) is 16.1 Å². The Balaban J connectivity index is 2.06. The Morgan fingerprint density at radius 1 is 1.53 bits per heavy atom. The predicted molar refractivity (Wildman–Crippen MR) is 77.6 cm³/mol. The molecule has 2 unspecified atom stereocenters. The first kappa shape index (κ1) is 14.9. The molecular weight excluding hydrogens is 260 g/mol. The van der Waals surface area contributed by atoms with Crippen LogP contribution in [-0.4, -0.2) is 52.9 Å². The Labute approximate surface area is 119 Å². The molecule has 2 heterocycles. The van der Waals surface area contributed by atoms with E-state index in [0.29, 0.717) is 6.42 Å². The minimum atomic E-state index is -0.388. The van der Waals surface area contributed by atoms with Gasteiger partial charge in [-0.3, -0.25) is 4.90 Å². The van der Waals surface area contributed by atoms with Crippen LogP contribution in [0.3, 0.4) is 0 Å². The molecule has 2 atom stereocenters. The third-order valence-corrected chi connectivity index (χ3v) is 5.19. The van der Waals surface area contributed by atoms with Gasteiger partial charge in [0.15, 0.2) is 0 Å². The molecule has 1 aromatic heterocycles.